The SMILES string of the molecule is Cc1[nH]c2ccccc2c1C(c1ccccn1)N1CCN(Cc2ccccc2)CC1. The number of piperazine rings is 1. The van der Waals surface area contributed by atoms with Gasteiger partial charge in [-0.3, -0.25) is 14.8 Å². The average molecular weight is 397 g/mol. The summed E-state index contributed by atoms with van der Waals surface area (Å²) in [6, 6.07) is 25.8. The molecule has 0 radical (unpaired) electrons. The van der Waals surface area contributed by atoms with Crippen molar-refractivity contribution in [3.05, 3.63) is 102 Å². The summed E-state index contributed by atoms with van der Waals surface area (Å²) < 4.78 is 0. The first-order chi connectivity index (χ1) is 14.8. The summed E-state index contributed by atoms with van der Waals surface area (Å²) >= 11 is 0. The molecule has 1 aliphatic rings. The first-order valence-corrected chi connectivity index (χ1v) is 10.8. The molecule has 1 atom stereocenters. The minimum absolute atomic E-state index is 0.168. The summed E-state index contributed by atoms with van der Waals surface area (Å²) in [5, 5.41) is 1.30. The van der Waals surface area contributed by atoms with E-state index in [2.05, 4.69) is 88.4 Å². The highest BCUT2D eigenvalue weighted by atomic mass is 15.3. The van der Waals surface area contributed by atoms with Gasteiger partial charge in [0.1, 0.15) is 0 Å². The second kappa shape index (κ2) is 8.42. The lowest BCUT2D eigenvalue weighted by Crippen LogP contribution is -2.47. The van der Waals surface area contributed by atoms with Crippen molar-refractivity contribution in [1.82, 2.24) is 19.8 Å². The molecule has 152 valence electrons. The highest BCUT2D eigenvalue weighted by molar-refractivity contribution is 5.85. The van der Waals surface area contributed by atoms with Crippen LogP contribution in [0.1, 0.15) is 28.6 Å². The van der Waals surface area contributed by atoms with Gasteiger partial charge in [0.2, 0.25) is 0 Å². The monoisotopic (exact) mass is 396 g/mol. The Balaban J connectivity index is 1.43. The van der Waals surface area contributed by atoms with Crippen LogP contribution in [-0.4, -0.2) is 45.9 Å². The highest BCUT2D eigenvalue weighted by Gasteiger charge is 2.30. The lowest BCUT2D eigenvalue weighted by atomic mass is 9.97. The standard InChI is InChI=1S/C26H28N4/c1-20-25(22-11-5-6-12-23(22)28-20)26(24-13-7-8-14-27-24)30-17-15-29(16-18-30)19-21-9-3-2-4-10-21/h2-14,26,28H,15-19H2,1H3. The van der Waals surface area contributed by atoms with Gasteiger partial charge in [0.25, 0.3) is 0 Å². The van der Waals surface area contributed by atoms with Gasteiger partial charge < -0.3 is 4.98 Å². The van der Waals surface area contributed by atoms with Crippen LogP contribution in [0.2, 0.25) is 0 Å². The van der Waals surface area contributed by atoms with Crippen LogP contribution in [0, 0.1) is 6.92 Å². The van der Waals surface area contributed by atoms with Gasteiger partial charge in [-0.25, -0.2) is 0 Å². The van der Waals surface area contributed by atoms with E-state index in [1.165, 1.54) is 27.7 Å². The molecule has 0 amide bonds. The second-order valence-corrected chi connectivity index (χ2v) is 8.16. The number of para-hydroxylation sites is 1. The van der Waals surface area contributed by atoms with Crippen LogP contribution in [-0.2, 0) is 6.54 Å². The van der Waals surface area contributed by atoms with Crippen LogP contribution < -0.4 is 0 Å². The van der Waals surface area contributed by atoms with Crippen molar-refractivity contribution in [3.63, 3.8) is 0 Å². The van der Waals surface area contributed by atoms with Crippen molar-refractivity contribution in [2.45, 2.75) is 19.5 Å². The molecule has 4 aromatic rings. The van der Waals surface area contributed by atoms with E-state index in [9.17, 15) is 0 Å². The van der Waals surface area contributed by atoms with E-state index in [1.807, 2.05) is 12.3 Å². The quantitative estimate of drug-likeness (QED) is 0.527. The zero-order valence-corrected chi connectivity index (χ0v) is 17.5. The number of pyridine rings is 1. The van der Waals surface area contributed by atoms with Gasteiger partial charge in [-0.2, -0.15) is 0 Å². The number of aromatic amines is 1. The normalized spacial score (nSPS) is 16.7. The Morgan fingerprint density at radius 3 is 2.37 bits per heavy atom. The molecule has 30 heavy (non-hydrogen) atoms. The Hall–Kier alpha value is -2.95. The van der Waals surface area contributed by atoms with Crippen LogP contribution in [0.25, 0.3) is 10.9 Å². The summed E-state index contributed by atoms with van der Waals surface area (Å²) in [6.07, 6.45) is 1.91. The molecule has 2 aromatic heterocycles. The summed E-state index contributed by atoms with van der Waals surface area (Å²) in [4.78, 5) is 13.5. The van der Waals surface area contributed by atoms with Gasteiger partial charge in [-0.15, -0.1) is 0 Å². The third-order valence-corrected chi connectivity index (χ3v) is 6.21. The van der Waals surface area contributed by atoms with Crippen molar-refractivity contribution in [3.8, 4) is 0 Å². The van der Waals surface area contributed by atoms with Crippen molar-refractivity contribution in [2.24, 2.45) is 0 Å². The van der Waals surface area contributed by atoms with Crippen LogP contribution in [0.3, 0.4) is 0 Å². The lowest BCUT2D eigenvalue weighted by Gasteiger charge is -2.39. The fourth-order valence-electron chi connectivity index (χ4n) is 4.73. The number of benzene rings is 2. The Labute approximate surface area is 178 Å². The molecule has 4 nitrogen and oxygen atoms in total. The van der Waals surface area contributed by atoms with Crippen LogP contribution in [0.5, 0.6) is 0 Å². The molecule has 0 saturated carbocycles. The number of rotatable bonds is 5. The van der Waals surface area contributed by atoms with E-state index in [0.717, 1.165) is 38.4 Å². The van der Waals surface area contributed by atoms with Crippen LogP contribution in [0.4, 0.5) is 0 Å². The Morgan fingerprint density at radius 1 is 0.867 bits per heavy atom. The first kappa shape index (κ1) is 19.0. The topological polar surface area (TPSA) is 35.2 Å². The van der Waals surface area contributed by atoms with Gasteiger partial charge in [0.15, 0.2) is 0 Å². The molecule has 3 heterocycles. The molecule has 0 spiro atoms. The van der Waals surface area contributed by atoms with Gasteiger partial charge in [-0.05, 0) is 30.7 Å². The van der Waals surface area contributed by atoms with Crippen molar-refractivity contribution < 1.29 is 0 Å². The highest BCUT2D eigenvalue weighted by Crippen LogP contribution is 2.35. The molecule has 0 aliphatic carbocycles. The van der Waals surface area contributed by atoms with E-state index in [1.54, 1.807) is 0 Å². The van der Waals surface area contributed by atoms with Gasteiger partial charge in [-0.1, -0.05) is 54.6 Å². The van der Waals surface area contributed by atoms with Gasteiger partial charge in [0.05, 0.1) is 11.7 Å². The number of nitrogens with one attached hydrogen (secondary N) is 1. The molecule has 5 rings (SSSR count). The second-order valence-electron chi connectivity index (χ2n) is 8.16. The Bertz CT molecular complexity index is 1100. The maximum Gasteiger partial charge on any atom is 0.0800 e. The fraction of sp³-hybridized carbons (Fsp3) is 0.269. The summed E-state index contributed by atoms with van der Waals surface area (Å²) in [7, 11) is 0. The van der Waals surface area contributed by atoms with E-state index >= 15 is 0 Å². The van der Waals surface area contributed by atoms with E-state index in [0.29, 0.717) is 0 Å². The first-order valence-electron chi connectivity index (χ1n) is 10.8. The molecule has 0 bridgehead atoms. The summed E-state index contributed by atoms with van der Waals surface area (Å²) in [6.45, 7) is 7.42. The third kappa shape index (κ3) is 3.76. The number of hydrogen-bond donors (Lipinski definition) is 1. The van der Waals surface area contributed by atoms with Gasteiger partial charge in [0, 0.05) is 61.1 Å². The van der Waals surface area contributed by atoms with E-state index in [-0.39, 0.29) is 6.04 Å². The minimum atomic E-state index is 0.168. The molecule has 4 heteroatoms. The number of H-pyrrole nitrogens is 1. The van der Waals surface area contributed by atoms with E-state index in [4.69, 9.17) is 4.98 Å². The summed E-state index contributed by atoms with van der Waals surface area (Å²) in [5.41, 5.74) is 6.31. The molecular formula is C26H28N4. The Morgan fingerprint density at radius 2 is 1.60 bits per heavy atom. The zero-order chi connectivity index (χ0) is 20.3. The molecule has 1 unspecified atom stereocenters. The number of aromatic nitrogens is 2. The maximum absolute atomic E-state index is 4.78. The lowest BCUT2D eigenvalue weighted by molar-refractivity contribution is 0.104. The van der Waals surface area contributed by atoms with Crippen LogP contribution >= 0.6 is 0 Å². The van der Waals surface area contributed by atoms with Gasteiger partial charge >= 0.3 is 0 Å². The third-order valence-electron chi connectivity index (χ3n) is 6.21. The molecular weight excluding hydrogens is 368 g/mol. The predicted molar refractivity (Wildman–Crippen MR) is 122 cm³/mol. The molecule has 1 fully saturated rings. The average Bonchev–Trinajstić information content (AvgIpc) is 3.12. The smallest absolute Gasteiger partial charge is 0.0800 e. The van der Waals surface area contributed by atoms with Crippen molar-refractivity contribution >= 4 is 10.9 Å². The fourth-order valence-corrected chi connectivity index (χ4v) is 4.73. The van der Waals surface area contributed by atoms with Crippen LogP contribution in [0.15, 0.2) is 79.0 Å². The zero-order valence-electron chi connectivity index (χ0n) is 17.5. The molecule has 1 N–H and O–H groups in total. The van der Waals surface area contributed by atoms with E-state index < -0.39 is 0 Å². The maximum atomic E-state index is 4.78. The number of hydrogen-bond acceptors (Lipinski definition) is 3. The Kier molecular flexibility index (Phi) is 5.35. The van der Waals surface area contributed by atoms with Crippen molar-refractivity contribution in [2.75, 3.05) is 26.2 Å². The minimum Gasteiger partial charge on any atom is -0.358 e. The molecule has 2 aromatic carbocycles. The van der Waals surface area contributed by atoms with Crippen molar-refractivity contribution in [1.29, 1.82) is 0 Å². The number of nitrogens with zero attached hydrogens (tertiary/aromatic N) is 3. The predicted octanol–water partition coefficient (Wildman–Crippen LogP) is 4.78. The number of aryl methyl sites for hydroxylation is 1. The number of fused-ring (bicyclic) bond motifs is 1. The molecule has 1 saturated heterocycles. The largest absolute Gasteiger partial charge is 0.358 e. The summed E-state index contributed by atoms with van der Waals surface area (Å²) in [5.74, 6) is 0. The molecule has 1 aliphatic heterocycles.